The smallest absolute Gasteiger partial charge is 0.225 e. The van der Waals surface area contributed by atoms with Crippen LogP contribution in [0.2, 0.25) is 0 Å². The van der Waals surface area contributed by atoms with Gasteiger partial charge in [-0.3, -0.25) is 0 Å². The van der Waals surface area contributed by atoms with E-state index in [4.69, 9.17) is 4.98 Å². The lowest BCUT2D eigenvalue weighted by Crippen LogP contribution is -2.33. The highest BCUT2D eigenvalue weighted by Gasteiger charge is 2.33. The monoisotopic (exact) mass is 230 g/mol. The molecule has 0 aliphatic carbocycles. The molecule has 2 fully saturated rings. The number of fused-ring (bicyclic) bond motifs is 4. The molecule has 3 aliphatic rings. The number of hydrogen-bond donors (Lipinski definition) is 1. The van der Waals surface area contributed by atoms with Crippen molar-refractivity contribution in [2.75, 3.05) is 18.0 Å². The summed E-state index contributed by atoms with van der Waals surface area (Å²) in [5.74, 6) is 0.961. The van der Waals surface area contributed by atoms with E-state index in [-0.39, 0.29) is 0 Å². The Hall–Kier alpha value is -1.16. The van der Waals surface area contributed by atoms with E-state index >= 15 is 0 Å². The molecule has 0 aromatic carbocycles. The molecule has 2 atom stereocenters. The molecular formula is C13H18N4. The highest BCUT2D eigenvalue weighted by Crippen LogP contribution is 2.35. The standard InChI is InChI=1S/C13H18N4/c1-2-6-17(5-1)13-14-8-10-11-4-3-9(15-11)7-12(10)16-13/h8-9,11,15H,1-7H2. The van der Waals surface area contributed by atoms with Gasteiger partial charge >= 0.3 is 0 Å². The van der Waals surface area contributed by atoms with Crippen molar-refractivity contribution in [3.63, 3.8) is 0 Å². The predicted molar refractivity (Wildman–Crippen MR) is 66.1 cm³/mol. The van der Waals surface area contributed by atoms with Gasteiger partial charge in [-0.15, -0.1) is 0 Å². The third-order valence-corrected chi connectivity index (χ3v) is 4.33. The van der Waals surface area contributed by atoms with Crippen LogP contribution in [0.25, 0.3) is 0 Å². The van der Waals surface area contributed by atoms with Crippen LogP contribution in [0.4, 0.5) is 5.95 Å². The van der Waals surface area contributed by atoms with Crippen LogP contribution < -0.4 is 10.2 Å². The van der Waals surface area contributed by atoms with E-state index in [0.29, 0.717) is 12.1 Å². The molecule has 2 bridgehead atoms. The van der Waals surface area contributed by atoms with Crippen molar-refractivity contribution in [1.82, 2.24) is 15.3 Å². The molecule has 3 aliphatic heterocycles. The Morgan fingerprint density at radius 1 is 1.24 bits per heavy atom. The average molecular weight is 230 g/mol. The first-order valence-electron chi connectivity index (χ1n) is 6.77. The summed E-state index contributed by atoms with van der Waals surface area (Å²) in [5.41, 5.74) is 2.65. The number of hydrogen-bond acceptors (Lipinski definition) is 4. The van der Waals surface area contributed by atoms with Gasteiger partial charge in [0.2, 0.25) is 5.95 Å². The first-order valence-corrected chi connectivity index (χ1v) is 6.77. The van der Waals surface area contributed by atoms with Crippen LogP contribution in [0, 0.1) is 0 Å². The quantitative estimate of drug-likeness (QED) is 0.792. The summed E-state index contributed by atoms with van der Waals surface area (Å²) in [7, 11) is 0. The van der Waals surface area contributed by atoms with E-state index < -0.39 is 0 Å². The Morgan fingerprint density at radius 2 is 2.12 bits per heavy atom. The molecule has 1 aromatic heterocycles. The molecule has 0 radical (unpaired) electrons. The second kappa shape index (κ2) is 3.67. The minimum Gasteiger partial charge on any atom is -0.341 e. The summed E-state index contributed by atoms with van der Waals surface area (Å²) in [4.78, 5) is 11.7. The van der Waals surface area contributed by atoms with Gasteiger partial charge in [0.1, 0.15) is 0 Å². The van der Waals surface area contributed by atoms with Crippen LogP contribution in [0.3, 0.4) is 0 Å². The van der Waals surface area contributed by atoms with E-state index in [1.807, 2.05) is 0 Å². The fourth-order valence-electron chi connectivity index (χ4n) is 3.40. The molecule has 0 amide bonds. The Bertz CT molecular complexity index is 439. The van der Waals surface area contributed by atoms with Gasteiger partial charge in [-0.05, 0) is 25.7 Å². The number of nitrogens with zero attached hydrogens (tertiary/aromatic N) is 3. The third-order valence-electron chi connectivity index (χ3n) is 4.33. The highest BCUT2D eigenvalue weighted by atomic mass is 15.3. The summed E-state index contributed by atoms with van der Waals surface area (Å²) in [6.07, 6.45) is 8.27. The molecule has 4 nitrogen and oxygen atoms in total. The van der Waals surface area contributed by atoms with E-state index in [9.17, 15) is 0 Å². The maximum Gasteiger partial charge on any atom is 0.225 e. The van der Waals surface area contributed by atoms with Crippen LogP contribution in [-0.2, 0) is 6.42 Å². The summed E-state index contributed by atoms with van der Waals surface area (Å²) in [6, 6.07) is 1.19. The highest BCUT2D eigenvalue weighted by molar-refractivity contribution is 5.37. The van der Waals surface area contributed by atoms with Crippen molar-refractivity contribution >= 4 is 5.95 Å². The molecule has 0 spiro atoms. The Morgan fingerprint density at radius 3 is 3.00 bits per heavy atom. The van der Waals surface area contributed by atoms with Crippen LogP contribution >= 0.6 is 0 Å². The van der Waals surface area contributed by atoms with Crippen LogP contribution in [-0.4, -0.2) is 29.1 Å². The second-order valence-corrected chi connectivity index (χ2v) is 5.46. The summed E-state index contributed by atoms with van der Waals surface area (Å²) >= 11 is 0. The Kier molecular flexibility index (Phi) is 2.12. The zero-order valence-electron chi connectivity index (χ0n) is 10.0. The zero-order valence-corrected chi connectivity index (χ0v) is 10.0. The van der Waals surface area contributed by atoms with Gasteiger partial charge < -0.3 is 10.2 Å². The van der Waals surface area contributed by atoms with Crippen LogP contribution in [0.1, 0.15) is 43.0 Å². The average Bonchev–Trinajstić information content (AvgIpc) is 2.99. The molecule has 90 valence electrons. The summed E-state index contributed by atoms with van der Waals surface area (Å²) < 4.78 is 0. The fourth-order valence-corrected chi connectivity index (χ4v) is 3.40. The first kappa shape index (κ1) is 9.83. The number of anilines is 1. The fraction of sp³-hybridized carbons (Fsp3) is 0.692. The van der Waals surface area contributed by atoms with E-state index in [0.717, 1.165) is 25.5 Å². The summed E-state index contributed by atoms with van der Waals surface area (Å²) in [5, 5.41) is 3.64. The van der Waals surface area contributed by atoms with Gasteiger partial charge in [0.05, 0.1) is 5.69 Å². The van der Waals surface area contributed by atoms with E-state index in [1.54, 1.807) is 0 Å². The maximum atomic E-state index is 4.81. The van der Waals surface area contributed by atoms with Gasteiger partial charge in [0.15, 0.2) is 0 Å². The van der Waals surface area contributed by atoms with E-state index in [1.165, 1.54) is 36.9 Å². The van der Waals surface area contributed by atoms with Crippen molar-refractivity contribution in [2.45, 2.75) is 44.2 Å². The second-order valence-electron chi connectivity index (χ2n) is 5.46. The maximum absolute atomic E-state index is 4.81. The van der Waals surface area contributed by atoms with Gasteiger partial charge in [-0.2, -0.15) is 0 Å². The van der Waals surface area contributed by atoms with Gasteiger partial charge in [-0.1, -0.05) is 0 Å². The molecule has 2 saturated heterocycles. The lowest BCUT2D eigenvalue weighted by Gasteiger charge is -2.25. The van der Waals surface area contributed by atoms with Crippen LogP contribution in [0.15, 0.2) is 6.20 Å². The predicted octanol–water partition coefficient (Wildman–Crippen LogP) is 1.43. The lowest BCUT2D eigenvalue weighted by atomic mass is 10.0. The topological polar surface area (TPSA) is 41.1 Å². The number of aromatic nitrogens is 2. The third kappa shape index (κ3) is 1.54. The SMILES string of the molecule is c1nc(N2CCCC2)nc2c1C1CCC(C2)N1. The molecule has 4 heteroatoms. The molecule has 2 unspecified atom stereocenters. The molecule has 1 N–H and O–H groups in total. The minimum absolute atomic E-state index is 0.524. The molecule has 4 heterocycles. The number of rotatable bonds is 1. The Labute approximate surface area is 101 Å². The Balaban J connectivity index is 1.70. The molecule has 0 saturated carbocycles. The minimum atomic E-state index is 0.524. The zero-order chi connectivity index (χ0) is 11.2. The van der Waals surface area contributed by atoms with Gasteiger partial charge in [0.25, 0.3) is 0 Å². The van der Waals surface area contributed by atoms with Crippen molar-refractivity contribution in [3.05, 3.63) is 17.5 Å². The normalized spacial score (nSPS) is 30.7. The van der Waals surface area contributed by atoms with Crippen molar-refractivity contribution in [3.8, 4) is 0 Å². The van der Waals surface area contributed by atoms with Gasteiger partial charge in [-0.25, -0.2) is 9.97 Å². The number of nitrogens with one attached hydrogen (secondary N) is 1. The largest absolute Gasteiger partial charge is 0.341 e. The molecule has 1 aromatic rings. The molecule has 17 heavy (non-hydrogen) atoms. The molecular weight excluding hydrogens is 212 g/mol. The van der Waals surface area contributed by atoms with E-state index in [2.05, 4.69) is 21.4 Å². The van der Waals surface area contributed by atoms with Crippen molar-refractivity contribution in [2.24, 2.45) is 0 Å². The van der Waals surface area contributed by atoms with Crippen molar-refractivity contribution < 1.29 is 0 Å². The summed E-state index contributed by atoms with van der Waals surface area (Å²) in [6.45, 7) is 2.26. The van der Waals surface area contributed by atoms with Crippen LogP contribution in [0.5, 0.6) is 0 Å². The lowest BCUT2D eigenvalue weighted by molar-refractivity contribution is 0.504. The molecule has 4 rings (SSSR count). The van der Waals surface area contributed by atoms with Crippen molar-refractivity contribution in [1.29, 1.82) is 0 Å². The van der Waals surface area contributed by atoms with Gasteiger partial charge in [0, 0.05) is 43.4 Å². The first-order chi connectivity index (χ1) is 8.40.